The Bertz CT molecular complexity index is 433. The Morgan fingerprint density at radius 1 is 1.50 bits per heavy atom. The van der Waals surface area contributed by atoms with Crippen molar-refractivity contribution in [2.45, 2.75) is 0 Å². The summed E-state index contributed by atoms with van der Waals surface area (Å²) in [5.74, 6) is 0. The van der Waals surface area contributed by atoms with Gasteiger partial charge in [0.2, 0.25) is 0 Å². The Hall–Kier alpha value is -1.42. The van der Waals surface area contributed by atoms with Crippen LogP contribution in [0.3, 0.4) is 0 Å². The van der Waals surface area contributed by atoms with Crippen LogP contribution in [0, 0.1) is 0 Å². The Morgan fingerprint density at radius 2 is 2.33 bits per heavy atom. The van der Waals surface area contributed by atoms with E-state index in [9.17, 15) is 0 Å². The molecule has 4 heteroatoms. The molecule has 0 amide bonds. The van der Waals surface area contributed by atoms with Crippen molar-refractivity contribution in [1.29, 1.82) is 0 Å². The van der Waals surface area contributed by atoms with Gasteiger partial charge in [0.15, 0.2) is 0 Å². The normalized spacial score (nSPS) is 10.3. The molecule has 2 heterocycles. The summed E-state index contributed by atoms with van der Waals surface area (Å²) in [5.41, 5.74) is 7.11. The molecular weight excluding hydrogens is 170 g/mol. The quantitative estimate of drug-likeness (QED) is 0.660. The van der Waals surface area contributed by atoms with E-state index >= 15 is 0 Å². The SMILES string of the molecule is NC(=S)c1ncn2ccccc12. The van der Waals surface area contributed by atoms with E-state index in [2.05, 4.69) is 4.98 Å². The molecule has 0 saturated heterocycles. The fourth-order valence-electron chi connectivity index (χ4n) is 1.13. The first-order chi connectivity index (χ1) is 5.79. The minimum atomic E-state index is 0.337. The second-order valence-electron chi connectivity index (χ2n) is 2.45. The molecule has 0 unspecified atom stereocenters. The van der Waals surface area contributed by atoms with Gasteiger partial charge in [-0.2, -0.15) is 0 Å². The van der Waals surface area contributed by atoms with Crippen LogP contribution in [0.25, 0.3) is 5.52 Å². The monoisotopic (exact) mass is 177 g/mol. The van der Waals surface area contributed by atoms with Gasteiger partial charge < -0.3 is 10.1 Å². The van der Waals surface area contributed by atoms with Crippen molar-refractivity contribution < 1.29 is 0 Å². The molecule has 0 saturated carbocycles. The summed E-state index contributed by atoms with van der Waals surface area (Å²) >= 11 is 4.85. The average molecular weight is 177 g/mol. The molecule has 0 spiro atoms. The molecule has 2 N–H and O–H groups in total. The van der Waals surface area contributed by atoms with Crippen molar-refractivity contribution in [2.75, 3.05) is 0 Å². The molecule has 12 heavy (non-hydrogen) atoms. The summed E-state index contributed by atoms with van der Waals surface area (Å²) in [4.78, 5) is 4.43. The number of nitrogens with zero attached hydrogens (tertiary/aromatic N) is 2. The van der Waals surface area contributed by atoms with Crippen molar-refractivity contribution in [1.82, 2.24) is 9.38 Å². The molecule has 0 aliphatic carbocycles. The minimum Gasteiger partial charge on any atom is -0.388 e. The summed E-state index contributed by atoms with van der Waals surface area (Å²) < 4.78 is 1.88. The second-order valence-corrected chi connectivity index (χ2v) is 2.89. The summed E-state index contributed by atoms with van der Waals surface area (Å²) in [6.45, 7) is 0. The van der Waals surface area contributed by atoms with Gasteiger partial charge >= 0.3 is 0 Å². The number of hydrogen-bond donors (Lipinski definition) is 1. The lowest BCUT2D eigenvalue weighted by Gasteiger charge is -1.93. The van der Waals surface area contributed by atoms with Gasteiger partial charge in [-0.25, -0.2) is 4.98 Å². The predicted molar refractivity (Wildman–Crippen MR) is 51.1 cm³/mol. The van der Waals surface area contributed by atoms with Crippen molar-refractivity contribution in [3.8, 4) is 0 Å². The topological polar surface area (TPSA) is 43.3 Å². The first-order valence-electron chi connectivity index (χ1n) is 3.50. The van der Waals surface area contributed by atoms with E-state index in [1.54, 1.807) is 6.33 Å². The molecule has 0 atom stereocenters. The Morgan fingerprint density at radius 3 is 3.08 bits per heavy atom. The minimum absolute atomic E-state index is 0.337. The molecule has 2 aromatic heterocycles. The van der Waals surface area contributed by atoms with Gasteiger partial charge in [-0.3, -0.25) is 0 Å². The zero-order valence-corrected chi connectivity index (χ0v) is 7.08. The number of aromatic nitrogens is 2. The average Bonchev–Trinajstić information content (AvgIpc) is 2.47. The Labute approximate surface area is 74.8 Å². The molecule has 0 aliphatic rings. The third-order valence-electron chi connectivity index (χ3n) is 1.68. The third kappa shape index (κ3) is 0.967. The molecule has 0 aliphatic heterocycles. The van der Waals surface area contributed by atoms with E-state index in [1.807, 2.05) is 28.8 Å². The molecule has 0 radical (unpaired) electrons. The van der Waals surface area contributed by atoms with Crippen LogP contribution in [0.2, 0.25) is 0 Å². The molecule has 0 aromatic carbocycles. The van der Waals surface area contributed by atoms with Crippen LogP contribution in [0.5, 0.6) is 0 Å². The third-order valence-corrected chi connectivity index (χ3v) is 1.87. The van der Waals surface area contributed by atoms with Gasteiger partial charge in [-0.1, -0.05) is 18.3 Å². The number of hydrogen-bond acceptors (Lipinski definition) is 2. The van der Waals surface area contributed by atoms with Crippen LogP contribution in [-0.4, -0.2) is 14.4 Å². The number of pyridine rings is 1. The molecule has 3 nitrogen and oxygen atoms in total. The Kier molecular flexibility index (Phi) is 1.55. The Balaban J connectivity index is 2.79. The van der Waals surface area contributed by atoms with Crippen LogP contribution in [-0.2, 0) is 0 Å². The van der Waals surface area contributed by atoms with Crippen molar-refractivity contribution in [3.05, 3.63) is 36.4 Å². The smallest absolute Gasteiger partial charge is 0.124 e. The lowest BCUT2D eigenvalue weighted by atomic mass is 10.3. The molecule has 2 aromatic rings. The van der Waals surface area contributed by atoms with Crippen LogP contribution in [0.15, 0.2) is 30.7 Å². The largest absolute Gasteiger partial charge is 0.388 e. The van der Waals surface area contributed by atoms with Gasteiger partial charge in [-0.15, -0.1) is 0 Å². The second kappa shape index (κ2) is 2.57. The fourth-order valence-corrected chi connectivity index (χ4v) is 1.29. The first kappa shape index (κ1) is 7.24. The number of imidazole rings is 1. The summed E-state index contributed by atoms with van der Waals surface area (Å²) in [7, 11) is 0. The molecule has 60 valence electrons. The molecular formula is C8H7N3S. The zero-order chi connectivity index (χ0) is 8.55. The van der Waals surface area contributed by atoms with Crippen LogP contribution >= 0.6 is 12.2 Å². The van der Waals surface area contributed by atoms with Crippen LogP contribution < -0.4 is 5.73 Å². The number of nitrogens with two attached hydrogens (primary N) is 1. The standard InChI is InChI=1S/C8H7N3S/c9-8(12)7-6-3-1-2-4-11(6)5-10-7/h1-5H,(H2,9,12). The lowest BCUT2D eigenvalue weighted by molar-refractivity contribution is 1.15. The van der Waals surface area contributed by atoms with Crippen LogP contribution in [0.4, 0.5) is 0 Å². The zero-order valence-electron chi connectivity index (χ0n) is 6.27. The van der Waals surface area contributed by atoms with E-state index in [0.29, 0.717) is 10.7 Å². The van der Waals surface area contributed by atoms with Gasteiger partial charge in [0.25, 0.3) is 0 Å². The highest BCUT2D eigenvalue weighted by atomic mass is 32.1. The highest BCUT2D eigenvalue weighted by molar-refractivity contribution is 7.80. The molecule has 0 fully saturated rings. The highest BCUT2D eigenvalue weighted by Gasteiger charge is 2.04. The maximum atomic E-state index is 5.48. The van der Waals surface area contributed by atoms with Crippen LogP contribution in [0.1, 0.15) is 5.69 Å². The van der Waals surface area contributed by atoms with E-state index in [0.717, 1.165) is 5.52 Å². The van der Waals surface area contributed by atoms with E-state index in [1.165, 1.54) is 0 Å². The fraction of sp³-hybridized carbons (Fsp3) is 0. The number of thiocarbonyl (C=S) groups is 1. The van der Waals surface area contributed by atoms with Crippen molar-refractivity contribution >= 4 is 22.7 Å². The van der Waals surface area contributed by atoms with Crippen molar-refractivity contribution in [3.63, 3.8) is 0 Å². The van der Waals surface area contributed by atoms with E-state index < -0.39 is 0 Å². The van der Waals surface area contributed by atoms with Gasteiger partial charge in [0, 0.05) is 6.20 Å². The van der Waals surface area contributed by atoms with E-state index in [4.69, 9.17) is 18.0 Å². The highest BCUT2D eigenvalue weighted by Crippen LogP contribution is 2.07. The molecule has 0 bridgehead atoms. The summed E-state index contributed by atoms with van der Waals surface area (Å²) in [6, 6.07) is 5.79. The molecule has 2 rings (SSSR count). The number of fused-ring (bicyclic) bond motifs is 1. The summed E-state index contributed by atoms with van der Waals surface area (Å²) in [5, 5.41) is 0. The van der Waals surface area contributed by atoms with Gasteiger partial charge in [0.05, 0.1) is 5.52 Å². The van der Waals surface area contributed by atoms with Gasteiger partial charge in [0.1, 0.15) is 17.0 Å². The maximum absolute atomic E-state index is 5.48. The van der Waals surface area contributed by atoms with Gasteiger partial charge in [-0.05, 0) is 12.1 Å². The first-order valence-corrected chi connectivity index (χ1v) is 3.91. The van der Waals surface area contributed by atoms with E-state index in [-0.39, 0.29) is 0 Å². The lowest BCUT2D eigenvalue weighted by Crippen LogP contribution is -2.10. The summed E-state index contributed by atoms with van der Waals surface area (Å²) in [6.07, 6.45) is 3.61. The van der Waals surface area contributed by atoms with Crippen molar-refractivity contribution in [2.24, 2.45) is 5.73 Å². The number of rotatable bonds is 1. The predicted octanol–water partition coefficient (Wildman–Crippen LogP) is 0.969. The maximum Gasteiger partial charge on any atom is 0.124 e.